The number of hydrogen-bond donors (Lipinski definition) is 1. The lowest BCUT2D eigenvalue weighted by atomic mass is 10.1. The fraction of sp³-hybridized carbons (Fsp3) is 0.600. The molecule has 0 aliphatic heterocycles. The molecule has 74 valence electrons. The fourth-order valence-electron chi connectivity index (χ4n) is 1.07. The van der Waals surface area contributed by atoms with E-state index in [1.165, 1.54) is 0 Å². The van der Waals surface area contributed by atoms with Crippen molar-refractivity contribution in [3.05, 3.63) is 24.2 Å². The van der Waals surface area contributed by atoms with Crippen molar-refractivity contribution in [2.24, 2.45) is 0 Å². The molecule has 3 heteroatoms. The van der Waals surface area contributed by atoms with Gasteiger partial charge in [-0.2, -0.15) is 0 Å². The Morgan fingerprint density at radius 2 is 2.38 bits per heavy atom. The van der Waals surface area contributed by atoms with E-state index in [2.05, 4.69) is 6.92 Å². The van der Waals surface area contributed by atoms with Gasteiger partial charge < -0.3 is 14.3 Å². The van der Waals surface area contributed by atoms with Crippen LogP contribution in [0.15, 0.2) is 23.0 Å². The average Bonchev–Trinajstić information content (AvgIpc) is 2.65. The number of rotatable bonds is 6. The van der Waals surface area contributed by atoms with Gasteiger partial charge in [-0.05, 0) is 12.5 Å². The Kier molecular flexibility index (Phi) is 4.57. The summed E-state index contributed by atoms with van der Waals surface area (Å²) in [6.45, 7) is 3.42. The molecule has 0 amide bonds. The van der Waals surface area contributed by atoms with Crippen molar-refractivity contribution >= 4 is 0 Å². The molecule has 3 nitrogen and oxygen atoms in total. The topological polar surface area (TPSA) is 42.6 Å². The quantitative estimate of drug-likeness (QED) is 0.689. The number of hydrogen-bond acceptors (Lipinski definition) is 3. The molecule has 1 atom stereocenters. The van der Waals surface area contributed by atoms with E-state index in [4.69, 9.17) is 9.15 Å². The van der Waals surface area contributed by atoms with Gasteiger partial charge in [-0.15, -0.1) is 0 Å². The van der Waals surface area contributed by atoms with Gasteiger partial charge in [0, 0.05) is 25.2 Å². The van der Waals surface area contributed by atoms with Gasteiger partial charge in [0.05, 0.1) is 18.6 Å². The first-order valence-corrected chi connectivity index (χ1v) is 4.62. The fourth-order valence-corrected chi connectivity index (χ4v) is 1.07. The number of furan rings is 1. The summed E-state index contributed by atoms with van der Waals surface area (Å²) in [6, 6.07) is 1.77. The van der Waals surface area contributed by atoms with Crippen LogP contribution in [-0.4, -0.2) is 18.3 Å². The molecule has 0 spiro atoms. The van der Waals surface area contributed by atoms with Crippen LogP contribution in [0.2, 0.25) is 0 Å². The third-order valence-corrected chi connectivity index (χ3v) is 1.81. The van der Waals surface area contributed by atoms with Crippen molar-refractivity contribution < 1.29 is 14.3 Å². The predicted octanol–water partition coefficient (Wildman–Crippen LogP) is 2.13. The lowest BCUT2D eigenvalue weighted by Crippen LogP contribution is -2.02. The van der Waals surface area contributed by atoms with Gasteiger partial charge in [0.25, 0.3) is 0 Å². The van der Waals surface area contributed by atoms with E-state index in [1.807, 2.05) is 0 Å². The van der Waals surface area contributed by atoms with E-state index < -0.39 is 6.10 Å². The van der Waals surface area contributed by atoms with Gasteiger partial charge in [-0.25, -0.2) is 0 Å². The maximum absolute atomic E-state index is 9.57. The first-order chi connectivity index (χ1) is 6.34. The third kappa shape index (κ3) is 3.61. The Labute approximate surface area is 78.3 Å². The zero-order valence-electron chi connectivity index (χ0n) is 7.90. The minimum absolute atomic E-state index is 0.462. The maximum Gasteiger partial charge on any atom is 0.0960 e. The molecule has 1 aromatic rings. The molecule has 0 aliphatic carbocycles. The molecule has 1 rings (SSSR count). The van der Waals surface area contributed by atoms with Crippen LogP contribution in [0.5, 0.6) is 0 Å². The van der Waals surface area contributed by atoms with E-state index in [9.17, 15) is 5.11 Å². The number of aliphatic hydroxyl groups excluding tert-OH is 1. The van der Waals surface area contributed by atoms with Crippen LogP contribution in [0.25, 0.3) is 0 Å². The van der Waals surface area contributed by atoms with Gasteiger partial charge >= 0.3 is 0 Å². The lowest BCUT2D eigenvalue weighted by molar-refractivity contribution is 0.0819. The molecule has 0 fully saturated rings. The highest BCUT2D eigenvalue weighted by Crippen LogP contribution is 2.16. The highest BCUT2D eigenvalue weighted by atomic mass is 16.5. The molecule has 13 heavy (non-hydrogen) atoms. The first-order valence-electron chi connectivity index (χ1n) is 4.62. The summed E-state index contributed by atoms with van der Waals surface area (Å²) in [6.07, 6.45) is 4.30. The Morgan fingerprint density at radius 1 is 1.54 bits per heavy atom. The van der Waals surface area contributed by atoms with E-state index >= 15 is 0 Å². The molecular weight excluding hydrogens is 168 g/mol. The highest BCUT2D eigenvalue weighted by Gasteiger charge is 2.07. The molecule has 1 unspecified atom stereocenters. The summed E-state index contributed by atoms with van der Waals surface area (Å²) in [7, 11) is 0. The van der Waals surface area contributed by atoms with E-state index in [1.54, 1.807) is 18.6 Å². The largest absolute Gasteiger partial charge is 0.472 e. The van der Waals surface area contributed by atoms with Gasteiger partial charge in [-0.1, -0.05) is 6.92 Å². The summed E-state index contributed by atoms with van der Waals surface area (Å²) < 4.78 is 10.1. The maximum atomic E-state index is 9.57. The van der Waals surface area contributed by atoms with Crippen molar-refractivity contribution in [2.75, 3.05) is 13.2 Å². The smallest absolute Gasteiger partial charge is 0.0960 e. The molecule has 1 N–H and O–H groups in total. The van der Waals surface area contributed by atoms with Crippen LogP contribution < -0.4 is 0 Å². The normalized spacial score (nSPS) is 13.1. The van der Waals surface area contributed by atoms with Crippen LogP contribution in [0.4, 0.5) is 0 Å². The first kappa shape index (κ1) is 10.3. The standard InChI is InChI=1S/C10H16O3/c1-2-5-12-7-4-10(11)9-3-6-13-8-9/h3,6,8,10-11H,2,4-5,7H2,1H3. The Hall–Kier alpha value is -0.800. The summed E-state index contributed by atoms with van der Waals surface area (Å²) in [4.78, 5) is 0. The average molecular weight is 184 g/mol. The van der Waals surface area contributed by atoms with Crippen LogP contribution in [0.3, 0.4) is 0 Å². The van der Waals surface area contributed by atoms with E-state index in [0.29, 0.717) is 13.0 Å². The number of ether oxygens (including phenoxy) is 1. The van der Waals surface area contributed by atoms with Gasteiger partial charge in [0.1, 0.15) is 0 Å². The Balaban J connectivity index is 2.15. The second kappa shape index (κ2) is 5.78. The van der Waals surface area contributed by atoms with Gasteiger partial charge in [0.2, 0.25) is 0 Å². The van der Waals surface area contributed by atoms with Crippen LogP contribution in [0, 0.1) is 0 Å². The molecule has 0 saturated carbocycles. The van der Waals surface area contributed by atoms with Crippen molar-refractivity contribution in [3.8, 4) is 0 Å². The van der Waals surface area contributed by atoms with Gasteiger partial charge in [-0.3, -0.25) is 0 Å². The van der Waals surface area contributed by atoms with Crippen molar-refractivity contribution in [3.63, 3.8) is 0 Å². The summed E-state index contributed by atoms with van der Waals surface area (Å²) in [5.41, 5.74) is 0.820. The lowest BCUT2D eigenvalue weighted by Gasteiger charge is -2.07. The Bertz CT molecular complexity index is 206. The molecule has 0 radical (unpaired) electrons. The predicted molar refractivity (Wildman–Crippen MR) is 49.4 cm³/mol. The van der Waals surface area contributed by atoms with Gasteiger partial charge in [0.15, 0.2) is 0 Å². The number of aliphatic hydroxyl groups is 1. The molecule has 0 aromatic carbocycles. The molecule has 0 bridgehead atoms. The minimum Gasteiger partial charge on any atom is -0.472 e. The Morgan fingerprint density at radius 3 is 3.00 bits per heavy atom. The SMILES string of the molecule is CCCOCCC(O)c1ccoc1. The minimum atomic E-state index is -0.462. The molecule has 1 heterocycles. The van der Waals surface area contributed by atoms with Crippen LogP contribution >= 0.6 is 0 Å². The second-order valence-electron chi connectivity index (χ2n) is 2.97. The summed E-state index contributed by atoms with van der Waals surface area (Å²) in [5.74, 6) is 0. The van der Waals surface area contributed by atoms with Crippen molar-refractivity contribution in [1.82, 2.24) is 0 Å². The van der Waals surface area contributed by atoms with Crippen LogP contribution in [0.1, 0.15) is 31.4 Å². The second-order valence-corrected chi connectivity index (χ2v) is 2.97. The molecule has 1 aromatic heterocycles. The van der Waals surface area contributed by atoms with Crippen molar-refractivity contribution in [1.29, 1.82) is 0 Å². The third-order valence-electron chi connectivity index (χ3n) is 1.81. The molecule has 0 saturated heterocycles. The molecule has 0 aliphatic rings. The van der Waals surface area contributed by atoms with E-state index in [0.717, 1.165) is 18.6 Å². The zero-order valence-corrected chi connectivity index (χ0v) is 7.90. The summed E-state index contributed by atoms with van der Waals surface area (Å²) >= 11 is 0. The summed E-state index contributed by atoms with van der Waals surface area (Å²) in [5, 5.41) is 9.57. The monoisotopic (exact) mass is 184 g/mol. The zero-order chi connectivity index (χ0) is 9.52. The van der Waals surface area contributed by atoms with Crippen molar-refractivity contribution in [2.45, 2.75) is 25.9 Å². The van der Waals surface area contributed by atoms with E-state index in [-0.39, 0.29) is 0 Å². The van der Waals surface area contributed by atoms with Crippen LogP contribution in [-0.2, 0) is 4.74 Å². The molecular formula is C10H16O3. The highest BCUT2D eigenvalue weighted by molar-refractivity contribution is 5.08.